The van der Waals surface area contributed by atoms with Crippen LogP contribution in [0.4, 0.5) is 0 Å². The normalized spacial score (nSPS) is 13.0. The van der Waals surface area contributed by atoms with E-state index in [-0.39, 0.29) is 24.4 Å². The minimum absolute atomic E-state index is 0.00620. The number of phenols is 1. The highest BCUT2D eigenvalue weighted by atomic mass is 16.4. The van der Waals surface area contributed by atoms with Gasteiger partial charge in [-0.2, -0.15) is 0 Å². The van der Waals surface area contributed by atoms with Gasteiger partial charge in [0, 0.05) is 12.1 Å². The molecule has 17 heavy (non-hydrogen) atoms. The number of nitrogens with zero attached hydrogens (tertiary/aromatic N) is 1. The highest BCUT2D eigenvalue weighted by Crippen LogP contribution is 2.23. The first-order valence-electron chi connectivity index (χ1n) is 5.68. The molecule has 0 aliphatic rings. The molecule has 2 N–H and O–H groups in total. The van der Waals surface area contributed by atoms with Gasteiger partial charge in [-0.3, -0.25) is 9.69 Å². The van der Waals surface area contributed by atoms with E-state index in [0.29, 0.717) is 0 Å². The Bertz CT molecular complexity index is 373. The van der Waals surface area contributed by atoms with Crippen LogP contribution < -0.4 is 0 Å². The summed E-state index contributed by atoms with van der Waals surface area (Å²) in [5.41, 5.74) is 0.998. The number of hydrogen-bond acceptors (Lipinski definition) is 3. The standard InChI is InChI=1S/C13H19NO3/c1-9(2)14(8-13(16)17)10(3)11-4-6-12(15)7-5-11/h4-7,9-10,15H,8H2,1-3H3,(H,16,17). The highest BCUT2D eigenvalue weighted by Gasteiger charge is 2.20. The molecule has 94 valence electrons. The van der Waals surface area contributed by atoms with Crippen LogP contribution in [0.3, 0.4) is 0 Å². The Balaban J connectivity index is 2.87. The first-order valence-corrected chi connectivity index (χ1v) is 5.68. The highest BCUT2D eigenvalue weighted by molar-refractivity contribution is 5.69. The van der Waals surface area contributed by atoms with Crippen molar-refractivity contribution >= 4 is 5.97 Å². The summed E-state index contributed by atoms with van der Waals surface area (Å²) < 4.78 is 0. The number of hydrogen-bond donors (Lipinski definition) is 2. The summed E-state index contributed by atoms with van der Waals surface area (Å²) in [5.74, 6) is -0.611. The number of phenolic OH excluding ortho intramolecular Hbond substituents is 1. The number of carboxylic acid groups (broad SMARTS) is 1. The molecule has 0 aliphatic carbocycles. The third kappa shape index (κ3) is 3.75. The van der Waals surface area contributed by atoms with E-state index in [1.54, 1.807) is 12.1 Å². The van der Waals surface area contributed by atoms with Crippen LogP contribution in [-0.2, 0) is 4.79 Å². The fourth-order valence-corrected chi connectivity index (χ4v) is 1.87. The van der Waals surface area contributed by atoms with Gasteiger partial charge in [0.2, 0.25) is 0 Å². The van der Waals surface area contributed by atoms with Gasteiger partial charge in [0.25, 0.3) is 0 Å². The van der Waals surface area contributed by atoms with E-state index in [0.717, 1.165) is 5.56 Å². The zero-order chi connectivity index (χ0) is 13.0. The van der Waals surface area contributed by atoms with Gasteiger partial charge in [-0.15, -0.1) is 0 Å². The second kappa shape index (κ2) is 5.68. The lowest BCUT2D eigenvalue weighted by atomic mass is 10.1. The third-order valence-corrected chi connectivity index (χ3v) is 2.85. The Morgan fingerprint density at radius 3 is 2.18 bits per heavy atom. The lowest BCUT2D eigenvalue weighted by Gasteiger charge is -2.31. The number of aliphatic carboxylic acids is 1. The van der Waals surface area contributed by atoms with Gasteiger partial charge in [0.15, 0.2) is 0 Å². The van der Waals surface area contributed by atoms with Crippen LogP contribution in [0.15, 0.2) is 24.3 Å². The first-order chi connectivity index (χ1) is 7.91. The predicted octanol–water partition coefficient (Wildman–Crippen LogP) is 2.25. The van der Waals surface area contributed by atoms with Gasteiger partial charge >= 0.3 is 5.97 Å². The molecule has 0 heterocycles. The molecule has 1 rings (SSSR count). The molecule has 0 aromatic heterocycles. The number of aromatic hydroxyl groups is 1. The second-order valence-corrected chi connectivity index (χ2v) is 4.43. The Kier molecular flexibility index (Phi) is 4.52. The molecule has 0 fully saturated rings. The summed E-state index contributed by atoms with van der Waals surface area (Å²) in [4.78, 5) is 12.7. The van der Waals surface area contributed by atoms with Crippen LogP contribution in [0.25, 0.3) is 0 Å². The van der Waals surface area contributed by atoms with Crippen LogP contribution >= 0.6 is 0 Å². The number of carboxylic acids is 1. The molecule has 4 heteroatoms. The number of rotatable bonds is 5. The summed E-state index contributed by atoms with van der Waals surface area (Å²) in [6, 6.07) is 7.02. The minimum atomic E-state index is -0.829. The molecule has 0 aliphatic heterocycles. The van der Waals surface area contributed by atoms with Crippen molar-refractivity contribution in [1.29, 1.82) is 0 Å². The van der Waals surface area contributed by atoms with E-state index in [9.17, 15) is 9.90 Å². The van der Waals surface area contributed by atoms with E-state index in [1.165, 1.54) is 0 Å². The summed E-state index contributed by atoms with van der Waals surface area (Å²) in [6.07, 6.45) is 0. The lowest BCUT2D eigenvalue weighted by Crippen LogP contribution is -2.37. The molecule has 0 saturated heterocycles. The fourth-order valence-electron chi connectivity index (χ4n) is 1.87. The van der Waals surface area contributed by atoms with Crippen molar-refractivity contribution in [1.82, 2.24) is 4.90 Å². The lowest BCUT2D eigenvalue weighted by molar-refractivity contribution is -0.139. The zero-order valence-corrected chi connectivity index (χ0v) is 10.4. The molecule has 0 saturated carbocycles. The maximum absolute atomic E-state index is 10.8. The molecule has 1 unspecified atom stereocenters. The van der Waals surface area contributed by atoms with E-state index < -0.39 is 5.97 Å². The summed E-state index contributed by atoms with van der Waals surface area (Å²) in [7, 11) is 0. The molecule has 1 aromatic rings. The second-order valence-electron chi connectivity index (χ2n) is 4.43. The van der Waals surface area contributed by atoms with Crippen LogP contribution in [0, 0.1) is 0 Å². The van der Waals surface area contributed by atoms with E-state index in [4.69, 9.17) is 5.11 Å². The SMILES string of the molecule is CC(C)N(CC(=O)O)C(C)c1ccc(O)cc1. The van der Waals surface area contributed by atoms with Crippen LogP contribution in [0.1, 0.15) is 32.4 Å². The topological polar surface area (TPSA) is 60.8 Å². The Morgan fingerprint density at radius 1 is 1.24 bits per heavy atom. The zero-order valence-electron chi connectivity index (χ0n) is 10.4. The van der Waals surface area contributed by atoms with Crippen LogP contribution in [0.2, 0.25) is 0 Å². The molecule has 0 spiro atoms. The fraction of sp³-hybridized carbons (Fsp3) is 0.462. The molecule has 1 aromatic carbocycles. The molecule has 4 nitrogen and oxygen atoms in total. The van der Waals surface area contributed by atoms with Gasteiger partial charge in [0.05, 0.1) is 6.54 Å². The number of benzene rings is 1. The van der Waals surface area contributed by atoms with Gasteiger partial charge in [-0.1, -0.05) is 12.1 Å². The average molecular weight is 237 g/mol. The van der Waals surface area contributed by atoms with Crippen molar-refractivity contribution in [2.24, 2.45) is 0 Å². The Morgan fingerprint density at radius 2 is 1.76 bits per heavy atom. The van der Waals surface area contributed by atoms with Gasteiger partial charge < -0.3 is 10.2 Å². The van der Waals surface area contributed by atoms with Crippen molar-refractivity contribution in [3.05, 3.63) is 29.8 Å². The Labute approximate surface area is 101 Å². The smallest absolute Gasteiger partial charge is 0.317 e. The van der Waals surface area contributed by atoms with Crippen molar-refractivity contribution < 1.29 is 15.0 Å². The van der Waals surface area contributed by atoms with Crippen molar-refractivity contribution in [3.63, 3.8) is 0 Å². The van der Waals surface area contributed by atoms with E-state index >= 15 is 0 Å². The van der Waals surface area contributed by atoms with E-state index in [1.807, 2.05) is 37.8 Å². The van der Waals surface area contributed by atoms with Crippen LogP contribution in [0.5, 0.6) is 5.75 Å². The number of carbonyl (C=O) groups is 1. The molecule has 0 bridgehead atoms. The molecule has 0 radical (unpaired) electrons. The molecule has 1 atom stereocenters. The molecule has 0 amide bonds. The Hall–Kier alpha value is -1.55. The van der Waals surface area contributed by atoms with Crippen LogP contribution in [-0.4, -0.2) is 33.7 Å². The van der Waals surface area contributed by atoms with Gasteiger partial charge in [-0.25, -0.2) is 0 Å². The quantitative estimate of drug-likeness (QED) is 0.824. The minimum Gasteiger partial charge on any atom is -0.508 e. The van der Waals surface area contributed by atoms with Gasteiger partial charge in [0.1, 0.15) is 5.75 Å². The monoisotopic (exact) mass is 237 g/mol. The van der Waals surface area contributed by atoms with Crippen molar-refractivity contribution in [2.75, 3.05) is 6.54 Å². The van der Waals surface area contributed by atoms with Gasteiger partial charge in [-0.05, 0) is 38.5 Å². The maximum Gasteiger partial charge on any atom is 0.317 e. The average Bonchev–Trinajstić information content (AvgIpc) is 2.25. The third-order valence-electron chi connectivity index (χ3n) is 2.85. The first kappa shape index (κ1) is 13.5. The van der Waals surface area contributed by atoms with E-state index in [2.05, 4.69) is 0 Å². The maximum atomic E-state index is 10.8. The van der Waals surface area contributed by atoms with Crippen molar-refractivity contribution in [3.8, 4) is 5.75 Å². The molecular formula is C13H19NO3. The predicted molar refractivity (Wildman–Crippen MR) is 66.0 cm³/mol. The largest absolute Gasteiger partial charge is 0.508 e. The van der Waals surface area contributed by atoms with Crippen molar-refractivity contribution in [2.45, 2.75) is 32.9 Å². The summed E-state index contributed by atoms with van der Waals surface area (Å²) in [5, 5.41) is 18.1. The summed E-state index contributed by atoms with van der Waals surface area (Å²) >= 11 is 0. The summed E-state index contributed by atoms with van der Waals surface area (Å²) in [6.45, 7) is 5.93. The molecular weight excluding hydrogens is 218 g/mol.